The molecule has 0 atom stereocenters. The Hall–Kier alpha value is -1.16. The molecule has 0 spiro atoms. The fourth-order valence-electron chi connectivity index (χ4n) is 1.73. The van der Waals surface area contributed by atoms with Crippen LogP contribution in [0.25, 0.3) is 0 Å². The van der Waals surface area contributed by atoms with Gasteiger partial charge in [0.1, 0.15) is 6.33 Å². The average molecular weight is 251 g/mol. The summed E-state index contributed by atoms with van der Waals surface area (Å²) < 4.78 is 5.72. The fourth-order valence-corrected chi connectivity index (χ4v) is 1.73. The van der Waals surface area contributed by atoms with Gasteiger partial charge in [-0.3, -0.25) is 0 Å². The lowest BCUT2D eigenvalue weighted by Gasteiger charge is -2.09. The second kappa shape index (κ2) is 9.83. The molecule has 0 amide bonds. The standard InChI is InChI=1S/C14H25N3O/c1-3-5-6-7-8-9-18-14-13(10-15-4-2)11-16-12-17-14/h11-12,15H,3-10H2,1-2H3. The Labute approximate surface area is 110 Å². The van der Waals surface area contributed by atoms with Crippen LogP contribution in [0.2, 0.25) is 0 Å². The first kappa shape index (κ1) is 14.9. The topological polar surface area (TPSA) is 47.0 Å². The summed E-state index contributed by atoms with van der Waals surface area (Å²) in [6.45, 7) is 6.76. The van der Waals surface area contributed by atoms with Crippen LogP contribution < -0.4 is 10.1 Å². The predicted octanol–water partition coefficient (Wildman–Crippen LogP) is 2.94. The molecule has 0 unspecified atom stereocenters. The first-order valence-corrected chi connectivity index (χ1v) is 7.00. The van der Waals surface area contributed by atoms with Gasteiger partial charge in [0.25, 0.3) is 0 Å². The van der Waals surface area contributed by atoms with E-state index in [1.54, 1.807) is 6.33 Å². The third kappa shape index (κ3) is 5.96. The van der Waals surface area contributed by atoms with Gasteiger partial charge in [0.05, 0.1) is 6.61 Å². The summed E-state index contributed by atoms with van der Waals surface area (Å²) >= 11 is 0. The summed E-state index contributed by atoms with van der Waals surface area (Å²) in [4.78, 5) is 8.23. The van der Waals surface area contributed by atoms with Crippen molar-refractivity contribution in [1.82, 2.24) is 15.3 Å². The zero-order valence-corrected chi connectivity index (χ0v) is 11.6. The smallest absolute Gasteiger partial charge is 0.220 e. The van der Waals surface area contributed by atoms with E-state index in [2.05, 4.69) is 29.1 Å². The molecule has 0 saturated carbocycles. The van der Waals surface area contributed by atoms with Crippen LogP contribution in [0.15, 0.2) is 12.5 Å². The third-order valence-corrected chi connectivity index (χ3v) is 2.80. The largest absolute Gasteiger partial charge is 0.477 e. The normalized spacial score (nSPS) is 10.6. The molecule has 4 heteroatoms. The molecule has 0 saturated heterocycles. The first-order valence-electron chi connectivity index (χ1n) is 7.00. The van der Waals surface area contributed by atoms with Crippen LogP contribution in [0.5, 0.6) is 5.88 Å². The van der Waals surface area contributed by atoms with Gasteiger partial charge in [-0.15, -0.1) is 0 Å². The number of nitrogens with zero attached hydrogens (tertiary/aromatic N) is 2. The highest BCUT2D eigenvalue weighted by Crippen LogP contribution is 2.13. The third-order valence-electron chi connectivity index (χ3n) is 2.80. The highest BCUT2D eigenvalue weighted by Gasteiger charge is 2.04. The Kier molecular flexibility index (Phi) is 8.13. The summed E-state index contributed by atoms with van der Waals surface area (Å²) in [7, 11) is 0. The van der Waals surface area contributed by atoms with Gasteiger partial charge in [0.15, 0.2) is 0 Å². The number of aromatic nitrogens is 2. The number of rotatable bonds is 10. The molecule has 102 valence electrons. The van der Waals surface area contributed by atoms with E-state index in [4.69, 9.17) is 4.74 Å². The van der Waals surface area contributed by atoms with Gasteiger partial charge in [-0.25, -0.2) is 9.97 Å². The van der Waals surface area contributed by atoms with Crippen LogP contribution in [-0.2, 0) is 6.54 Å². The highest BCUT2D eigenvalue weighted by molar-refractivity contribution is 5.21. The van der Waals surface area contributed by atoms with Gasteiger partial charge < -0.3 is 10.1 Å². The Balaban J connectivity index is 2.27. The maximum Gasteiger partial charge on any atom is 0.220 e. The second-order valence-corrected chi connectivity index (χ2v) is 4.40. The Morgan fingerprint density at radius 2 is 2.00 bits per heavy atom. The van der Waals surface area contributed by atoms with Crippen molar-refractivity contribution in [2.75, 3.05) is 13.2 Å². The van der Waals surface area contributed by atoms with Crippen LogP contribution in [0.4, 0.5) is 0 Å². The highest BCUT2D eigenvalue weighted by atomic mass is 16.5. The SMILES string of the molecule is CCCCCCCOc1ncncc1CNCC. The second-order valence-electron chi connectivity index (χ2n) is 4.40. The van der Waals surface area contributed by atoms with E-state index in [0.717, 1.165) is 37.6 Å². The van der Waals surface area contributed by atoms with Crippen LogP contribution in [0.3, 0.4) is 0 Å². The Morgan fingerprint density at radius 3 is 2.78 bits per heavy atom. The predicted molar refractivity (Wildman–Crippen MR) is 73.7 cm³/mol. The molecule has 4 nitrogen and oxygen atoms in total. The van der Waals surface area contributed by atoms with Gasteiger partial charge in [-0.2, -0.15) is 0 Å². The minimum Gasteiger partial charge on any atom is -0.477 e. The van der Waals surface area contributed by atoms with E-state index in [0.29, 0.717) is 0 Å². The van der Waals surface area contributed by atoms with Gasteiger partial charge in [0.2, 0.25) is 5.88 Å². The van der Waals surface area contributed by atoms with E-state index in [9.17, 15) is 0 Å². The van der Waals surface area contributed by atoms with Gasteiger partial charge >= 0.3 is 0 Å². The summed E-state index contributed by atoms with van der Waals surface area (Å²) in [5.41, 5.74) is 1.04. The molecule has 0 bridgehead atoms. The quantitative estimate of drug-likeness (QED) is 0.649. The number of nitrogens with one attached hydrogen (secondary N) is 1. The summed E-state index contributed by atoms with van der Waals surface area (Å²) in [5.74, 6) is 0.724. The molecule has 1 aromatic rings. The lowest BCUT2D eigenvalue weighted by atomic mass is 10.2. The zero-order chi connectivity index (χ0) is 13.1. The molecule has 0 aliphatic rings. The van der Waals surface area contributed by atoms with Crippen molar-refractivity contribution in [3.05, 3.63) is 18.1 Å². The number of hydrogen-bond acceptors (Lipinski definition) is 4. The van der Waals surface area contributed by atoms with Gasteiger partial charge in [-0.1, -0.05) is 39.5 Å². The minimum absolute atomic E-state index is 0.724. The fraction of sp³-hybridized carbons (Fsp3) is 0.714. The van der Waals surface area contributed by atoms with Crippen LogP contribution >= 0.6 is 0 Å². The van der Waals surface area contributed by atoms with Gasteiger partial charge in [-0.05, 0) is 13.0 Å². The van der Waals surface area contributed by atoms with Crippen LogP contribution in [0, 0.1) is 0 Å². The maximum atomic E-state index is 5.72. The number of ether oxygens (including phenoxy) is 1. The molecule has 0 aromatic carbocycles. The lowest BCUT2D eigenvalue weighted by molar-refractivity contribution is 0.289. The molecule has 1 aromatic heterocycles. The molecule has 1 rings (SSSR count). The van der Waals surface area contributed by atoms with Crippen molar-refractivity contribution in [3.63, 3.8) is 0 Å². The van der Waals surface area contributed by atoms with Crippen molar-refractivity contribution in [2.24, 2.45) is 0 Å². The Bertz CT molecular complexity index is 318. The van der Waals surface area contributed by atoms with Crippen molar-refractivity contribution in [1.29, 1.82) is 0 Å². The molecular weight excluding hydrogens is 226 g/mol. The van der Waals surface area contributed by atoms with E-state index in [-0.39, 0.29) is 0 Å². The molecule has 0 radical (unpaired) electrons. The molecule has 18 heavy (non-hydrogen) atoms. The minimum atomic E-state index is 0.724. The molecule has 0 fully saturated rings. The molecular formula is C14H25N3O. The van der Waals surface area contributed by atoms with E-state index >= 15 is 0 Å². The van der Waals surface area contributed by atoms with Gasteiger partial charge in [0, 0.05) is 18.3 Å². The lowest BCUT2D eigenvalue weighted by Crippen LogP contribution is -2.14. The summed E-state index contributed by atoms with van der Waals surface area (Å²) in [6, 6.07) is 0. The average Bonchev–Trinajstić information content (AvgIpc) is 2.41. The maximum absolute atomic E-state index is 5.72. The van der Waals surface area contributed by atoms with Crippen molar-refractivity contribution in [3.8, 4) is 5.88 Å². The van der Waals surface area contributed by atoms with Crippen molar-refractivity contribution < 1.29 is 4.74 Å². The number of unbranched alkanes of at least 4 members (excludes halogenated alkanes) is 4. The monoisotopic (exact) mass is 251 g/mol. The zero-order valence-electron chi connectivity index (χ0n) is 11.6. The molecule has 0 aliphatic heterocycles. The van der Waals surface area contributed by atoms with Crippen LogP contribution in [0.1, 0.15) is 51.5 Å². The van der Waals surface area contributed by atoms with E-state index in [1.165, 1.54) is 25.7 Å². The van der Waals surface area contributed by atoms with Crippen molar-refractivity contribution in [2.45, 2.75) is 52.5 Å². The van der Waals surface area contributed by atoms with Crippen molar-refractivity contribution >= 4 is 0 Å². The summed E-state index contributed by atoms with van der Waals surface area (Å²) in [5, 5.41) is 3.26. The Morgan fingerprint density at radius 1 is 1.17 bits per heavy atom. The van der Waals surface area contributed by atoms with E-state index in [1.807, 2.05) is 6.20 Å². The molecule has 0 aliphatic carbocycles. The molecule has 1 N–H and O–H groups in total. The molecule has 1 heterocycles. The first-order chi connectivity index (χ1) is 8.88. The summed E-state index contributed by atoms with van der Waals surface area (Å²) in [6.07, 6.45) is 9.60. The number of hydrogen-bond donors (Lipinski definition) is 1. The van der Waals surface area contributed by atoms with E-state index < -0.39 is 0 Å². The van der Waals surface area contributed by atoms with Crippen LogP contribution in [-0.4, -0.2) is 23.1 Å².